The summed E-state index contributed by atoms with van der Waals surface area (Å²) in [6.45, 7) is 5.90. The van der Waals surface area contributed by atoms with E-state index in [1.54, 1.807) is 0 Å². The van der Waals surface area contributed by atoms with Gasteiger partial charge in [-0.2, -0.15) is 0 Å². The lowest BCUT2D eigenvalue weighted by molar-refractivity contribution is 0.106. The first-order valence-electron chi connectivity index (χ1n) is 5.23. The summed E-state index contributed by atoms with van der Waals surface area (Å²) in [5.74, 6) is 0. The van der Waals surface area contributed by atoms with Crippen LogP contribution in [-0.2, 0) is 0 Å². The van der Waals surface area contributed by atoms with Crippen LogP contribution in [0.25, 0.3) is 0 Å². The second-order valence-corrected chi connectivity index (χ2v) is 5.93. The van der Waals surface area contributed by atoms with Crippen LogP contribution in [-0.4, -0.2) is 38.7 Å². The van der Waals surface area contributed by atoms with E-state index in [9.17, 15) is 0 Å². The summed E-state index contributed by atoms with van der Waals surface area (Å²) < 4.78 is 5.31. The normalized spacial score (nSPS) is 27.8. The van der Waals surface area contributed by atoms with Gasteiger partial charge < -0.3 is 9.13 Å². The lowest BCUT2D eigenvalue weighted by Crippen LogP contribution is -2.64. The zero-order chi connectivity index (χ0) is 8.97. The highest BCUT2D eigenvalue weighted by Crippen LogP contribution is 2.19. The Morgan fingerprint density at radius 1 is 1.25 bits per heavy atom. The molecule has 0 aromatic heterocycles. The molecule has 0 bridgehead atoms. The number of hydrogen-bond donors (Lipinski definition) is 0. The summed E-state index contributed by atoms with van der Waals surface area (Å²) in [4.78, 5) is 0. The molecule has 1 atom stereocenters. The minimum absolute atomic E-state index is 0.0236. The number of unbranched alkanes of at least 4 members (excludes halogenated alkanes) is 1. The molecule has 2 nitrogen and oxygen atoms in total. The molecule has 0 N–H and O–H groups in total. The first-order valence-corrected chi connectivity index (χ1v) is 6.50. The van der Waals surface area contributed by atoms with Gasteiger partial charge in [-0.1, -0.05) is 26.7 Å². The third-order valence-electron chi connectivity index (χ3n) is 2.66. The number of rotatable bonds is 5. The predicted molar refractivity (Wildman–Crippen MR) is 56.6 cm³/mol. The third kappa shape index (κ3) is 2.31. The summed E-state index contributed by atoms with van der Waals surface area (Å²) >= 11 is 0. The molecule has 0 aromatic rings. The van der Waals surface area contributed by atoms with Gasteiger partial charge in [0.15, 0.2) is 9.84 Å². The molecule has 0 aliphatic carbocycles. The average Bonchev–Trinajstić information content (AvgIpc) is 2.05. The maximum absolute atomic E-state index is 2.72. The van der Waals surface area contributed by atoms with E-state index in [4.69, 9.17) is 0 Å². The molecule has 1 fully saturated rings. The van der Waals surface area contributed by atoms with Gasteiger partial charge in [-0.3, -0.25) is 0 Å². The predicted octanol–water partition coefficient (Wildman–Crippen LogP) is 1.16. The Morgan fingerprint density at radius 3 is 2.50 bits per heavy atom. The van der Waals surface area contributed by atoms with Crippen molar-refractivity contribution in [3.05, 3.63) is 0 Å². The van der Waals surface area contributed by atoms with E-state index in [-0.39, 0.29) is 9.84 Å². The van der Waals surface area contributed by atoms with E-state index >= 15 is 0 Å². The van der Waals surface area contributed by atoms with Crippen molar-refractivity contribution in [3.63, 3.8) is 0 Å². The Balaban J connectivity index is 2.19. The zero-order valence-corrected chi connectivity index (χ0v) is 10.1. The van der Waals surface area contributed by atoms with Crippen molar-refractivity contribution in [1.82, 2.24) is 9.13 Å². The van der Waals surface area contributed by atoms with Gasteiger partial charge in [0.2, 0.25) is 0 Å². The summed E-state index contributed by atoms with van der Waals surface area (Å²) in [5, 5.41) is 0. The highest BCUT2D eigenvalue weighted by atomic mass is 28.2. The Kier molecular flexibility index (Phi) is 4.25. The molecule has 0 spiro atoms. The van der Waals surface area contributed by atoms with Gasteiger partial charge in [0.1, 0.15) is 0 Å². The molecule has 1 aliphatic rings. The van der Waals surface area contributed by atoms with E-state index in [1.807, 2.05) is 0 Å². The summed E-state index contributed by atoms with van der Waals surface area (Å²) in [7, 11) is 2.31. The minimum Gasteiger partial charge on any atom is -0.305 e. The molecule has 0 aromatic carbocycles. The molecule has 1 rings (SSSR count). The molecule has 72 valence electrons. The maximum atomic E-state index is 2.72. The van der Waals surface area contributed by atoms with Crippen LogP contribution in [0, 0.1) is 0 Å². The van der Waals surface area contributed by atoms with Crippen LogP contribution in [0.1, 0.15) is 39.5 Å². The SMILES string of the molecule is CCCCC1N(C)[SiH2]N1CCC. The maximum Gasteiger partial charge on any atom is 0.175 e. The first-order chi connectivity index (χ1) is 5.79. The van der Waals surface area contributed by atoms with E-state index in [0.29, 0.717) is 0 Å². The largest absolute Gasteiger partial charge is 0.305 e. The zero-order valence-electron chi connectivity index (χ0n) is 8.71. The van der Waals surface area contributed by atoms with Gasteiger partial charge in [0.25, 0.3) is 0 Å². The van der Waals surface area contributed by atoms with E-state index in [0.717, 1.165) is 6.17 Å². The second kappa shape index (κ2) is 4.99. The van der Waals surface area contributed by atoms with Crippen molar-refractivity contribution in [3.8, 4) is 0 Å². The van der Waals surface area contributed by atoms with Crippen LogP contribution >= 0.6 is 0 Å². The molecular weight excluding hydrogens is 164 g/mol. The van der Waals surface area contributed by atoms with Crippen LogP contribution in [0.2, 0.25) is 0 Å². The summed E-state index contributed by atoms with van der Waals surface area (Å²) in [5.41, 5.74) is 0. The van der Waals surface area contributed by atoms with Crippen LogP contribution in [0.4, 0.5) is 0 Å². The fraction of sp³-hybridized carbons (Fsp3) is 1.00. The fourth-order valence-corrected chi connectivity index (χ4v) is 3.93. The van der Waals surface area contributed by atoms with Crippen molar-refractivity contribution < 1.29 is 0 Å². The Hall–Kier alpha value is 0.137. The van der Waals surface area contributed by atoms with Crippen LogP contribution < -0.4 is 0 Å². The third-order valence-corrected chi connectivity index (χ3v) is 4.63. The fourth-order valence-electron chi connectivity index (χ4n) is 1.95. The molecule has 1 aliphatic heterocycles. The van der Waals surface area contributed by atoms with Gasteiger partial charge in [-0.05, 0) is 26.4 Å². The average molecular weight is 186 g/mol. The summed E-state index contributed by atoms with van der Waals surface area (Å²) in [6.07, 6.45) is 6.26. The molecule has 0 radical (unpaired) electrons. The first kappa shape index (κ1) is 10.2. The Bertz CT molecular complexity index is 128. The van der Waals surface area contributed by atoms with E-state index < -0.39 is 0 Å². The van der Waals surface area contributed by atoms with Crippen molar-refractivity contribution in [1.29, 1.82) is 0 Å². The van der Waals surface area contributed by atoms with Crippen LogP contribution in [0.15, 0.2) is 0 Å². The smallest absolute Gasteiger partial charge is 0.175 e. The van der Waals surface area contributed by atoms with E-state index in [1.165, 1.54) is 32.2 Å². The van der Waals surface area contributed by atoms with Crippen LogP contribution in [0.3, 0.4) is 0 Å². The monoisotopic (exact) mass is 186 g/mol. The lowest BCUT2D eigenvalue weighted by atomic mass is 10.2. The van der Waals surface area contributed by atoms with E-state index in [2.05, 4.69) is 30.0 Å². The molecular formula is C9H22N2Si. The summed E-state index contributed by atoms with van der Waals surface area (Å²) in [6, 6.07) is 0. The molecule has 12 heavy (non-hydrogen) atoms. The van der Waals surface area contributed by atoms with Gasteiger partial charge in [0.05, 0.1) is 6.17 Å². The van der Waals surface area contributed by atoms with Crippen molar-refractivity contribution in [2.24, 2.45) is 0 Å². The second-order valence-electron chi connectivity index (χ2n) is 3.83. The molecule has 1 unspecified atom stereocenters. The standard InChI is InChI=1S/C9H22N2Si/c1-4-6-7-9-10(3)12-11(9)8-5-2/h9H,4-8,12H2,1-3H3. The molecule has 3 heteroatoms. The van der Waals surface area contributed by atoms with Gasteiger partial charge >= 0.3 is 0 Å². The highest BCUT2D eigenvalue weighted by Gasteiger charge is 2.31. The molecule has 0 amide bonds. The Labute approximate surface area is 78.9 Å². The number of hydrogen-bond acceptors (Lipinski definition) is 2. The topological polar surface area (TPSA) is 6.48 Å². The molecule has 1 saturated heterocycles. The van der Waals surface area contributed by atoms with Crippen molar-refractivity contribution in [2.45, 2.75) is 45.7 Å². The molecule has 1 heterocycles. The van der Waals surface area contributed by atoms with Gasteiger partial charge in [-0.15, -0.1) is 0 Å². The number of nitrogens with zero attached hydrogens (tertiary/aromatic N) is 2. The van der Waals surface area contributed by atoms with Crippen molar-refractivity contribution in [2.75, 3.05) is 13.6 Å². The van der Waals surface area contributed by atoms with Gasteiger partial charge in [0, 0.05) is 0 Å². The minimum atomic E-state index is 0.0236. The highest BCUT2D eigenvalue weighted by molar-refractivity contribution is 6.31. The lowest BCUT2D eigenvalue weighted by Gasteiger charge is -2.49. The Morgan fingerprint density at radius 2 is 2.00 bits per heavy atom. The quantitative estimate of drug-likeness (QED) is 0.595. The molecule has 0 saturated carbocycles. The van der Waals surface area contributed by atoms with Crippen molar-refractivity contribution >= 4 is 9.84 Å². The van der Waals surface area contributed by atoms with Crippen LogP contribution in [0.5, 0.6) is 0 Å². The van der Waals surface area contributed by atoms with Gasteiger partial charge in [-0.25, -0.2) is 0 Å².